The topological polar surface area (TPSA) is 101 Å². The van der Waals surface area contributed by atoms with Gasteiger partial charge in [-0.1, -0.05) is 11.6 Å². The van der Waals surface area contributed by atoms with Gasteiger partial charge in [-0.15, -0.1) is 0 Å². The first-order valence-corrected chi connectivity index (χ1v) is 13.0. The highest BCUT2D eigenvalue weighted by molar-refractivity contribution is 6.33. The molecule has 0 bridgehead atoms. The molecule has 3 aromatic rings. The lowest BCUT2D eigenvalue weighted by Crippen LogP contribution is -2.54. The largest absolute Gasteiger partial charge is 0.495 e. The van der Waals surface area contributed by atoms with Gasteiger partial charge in [-0.3, -0.25) is 4.79 Å². The number of ether oxygens (including phenoxy) is 2. The number of piperazine rings is 1. The maximum absolute atomic E-state index is 12.1. The third-order valence-electron chi connectivity index (χ3n) is 6.55. The number of amides is 1. The highest BCUT2D eigenvalue weighted by Gasteiger charge is 2.23. The number of anilines is 3. The van der Waals surface area contributed by atoms with Crippen molar-refractivity contribution in [3.8, 4) is 11.5 Å². The molecule has 1 aliphatic rings. The van der Waals surface area contributed by atoms with Crippen molar-refractivity contribution < 1.29 is 14.3 Å². The first kappa shape index (κ1) is 27.5. The molecule has 0 saturated carbocycles. The summed E-state index contributed by atoms with van der Waals surface area (Å²) in [6, 6.07) is 10.3. The van der Waals surface area contributed by atoms with Crippen LogP contribution in [0, 0.1) is 0 Å². The number of methoxy groups -OCH3 is 2. The van der Waals surface area contributed by atoms with E-state index in [-0.39, 0.29) is 5.91 Å². The number of halogens is 1. The summed E-state index contributed by atoms with van der Waals surface area (Å²) in [6.45, 7) is 6.23. The van der Waals surface area contributed by atoms with E-state index in [1.807, 2.05) is 12.1 Å². The van der Waals surface area contributed by atoms with E-state index in [9.17, 15) is 4.79 Å². The van der Waals surface area contributed by atoms with Gasteiger partial charge in [-0.05, 0) is 62.1 Å². The van der Waals surface area contributed by atoms with Gasteiger partial charge in [0, 0.05) is 61.9 Å². The van der Waals surface area contributed by atoms with Crippen molar-refractivity contribution in [3.05, 3.63) is 64.4 Å². The zero-order valence-corrected chi connectivity index (χ0v) is 23.2. The van der Waals surface area contributed by atoms with E-state index in [1.165, 1.54) is 7.11 Å². The summed E-state index contributed by atoms with van der Waals surface area (Å²) in [5, 5.41) is 9.96. The van der Waals surface area contributed by atoms with Gasteiger partial charge in [0.15, 0.2) is 0 Å². The minimum absolute atomic E-state index is 0.193. The molecule has 2 heterocycles. The van der Waals surface area contributed by atoms with E-state index < -0.39 is 0 Å². The zero-order chi connectivity index (χ0) is 27.2. The number of aryl methyl sites for hydroxylation is 2. The number of hydrogen-bond acceptors (Lipinski definition) is 8. The zero-order valence-electron chi connectivity index (χ0n) is 22.5. The Morgan fingerprint density at radius 3 is 2.37 bits per heavy atom. The van der Waals surface area contributed by atoms with Crippen molar-refractivity contribution in [3.63, 3.8) is 0 Å². The minimum atomic E-state index is -0.193. The second-order valence-electron chi connectivity index (χ2n) is 9.53. The number of aromatic nitrogens is 2. The molecule has 0 spiro atoms. The average Bonchev–Trinajstić information content (AvgIpc) is 2.92. The van der Waals surface area contributed by atoms with Gasteiger partial charge in [0.25, 0.3) is 5.91 Å². The first-order valence-electron chi connectivity index (χ1n) is 12.7. The van der Waals surface area contributed by atoms with Gasteiger partial charge in [0.05, 0.1) is 24.9 Å². The molecule has 1 aliphatic heterocycles. The van der Waals surface area contributed by atoms with Crippen LogP contribution in [0.3, 0.4) is 0 Å². The lowest BCUT2D eigenvalue weighted by Gasteiger charge is -2.38. The molecular weight excluding hydrogens is 504 g/mol. The summed E-state index contributed by atoms with van der Waals surface area (Å²) in [7, 11) is 4.82. The van der Waals surface area contributed by atoms with Crippen LogP contribution in [-0.4, -0.2) is 62.3 Å². The molecule has 1 fully saturated rings. The molecule has 1 aromatic heterocycles. The number of nitrogens with one attached hydrogen (secondary N) is 3. The van der Waals surface area contributed by atoms with Crippen LogP contribution < -0.4 is 30.3 Å². The summed E-state index contributed by atoms with van der Waals surface area (Å²) < 4.78 is 11.1. The molecule has 1 amide bonds. The standard InChI is InChI=1S/C28H35ClN6O3/c1-17-15-35(16-18(2)33-17)23-9-8-22(12-24(23)37-4)34-28-31-13-19(14-32-28)6-7-20-10-21(27(36)30-3)11-25(38-5)26(20)29/h8-14,17-18,33H,6-7,15-16H2,1-5H3,(H,30,36)(H,31,32,34)/t17-,18+. The van der Waals surface area contributed by atoms with Crippen LogP contribution >= 0.6 is 11.6 Å². The number of hydrogen-bond donors (Lipinski definition) is 3. The second kappa shape index (κ2) is 12.3. The number of rotatable bonds is 9. The molecule has 38 heavy (non-hydrogen) atoms. The molecule has 4 rings (SSSR count). The number of carbonyl (C=O) groups is 1. The maximum atomic E-state index is 12.1. The molecule has 2 aromatic carbocycles. The van der Waals surface area contributed by atoms with Crippen molar-refractivity contribution in [2.75, 3.05) is 44.6 Å². The third kappa shape index (κ3) is 6.46. The fraction of sp³-hybridized carbons (Fsp3) is 0.393. The van der Waals surface area contributed by atoms with E-state index in [1.54, 1.807) is 38.7 Å². The Morgan fingerprint density at radius 1 is 1.05 bits per heavy atom. The predicted molar refractivity (Wildman–Crippen MR) is 151 cm³/mol. The van der Waals surface area contributed by atoms with Gasteiger partial charge in [-0.2, -0.15) is 0 Å². The minimum Gasteiger partial charge on any atom is -0.495 e. The van der Waals surface area contributed by atoms with Gasteiger partial charge in [0.2, 0.25) is 5.95 Å². The summed E-state index contributed by atoms with van der Waals surface area (Å²) in [5.41, 5.74) is 4.20. The third-order valence-corrected chi connectivity index (χ3v) is 6.98. The van der Waals surface area contributed by atoms with E-state index in [4.69, 9.17) is 21.1 Å². The number of carbonyl (C=O) groups excluding carboxylic acids is 1. The molecule has 10 heteroatoms. The van der Waals surface area contributed by atoms with Crippen molar-refractivity contribution in [2.24, 2.45) is 0 Å². The Balaban J connectivity index is 1.42. The number of nitrogens with zero attached hydrogens (tertiary/aromatic N) is 3. The SMILES string of the molecule is CNC(=O)c1cc(CCc2cnc(Nc3ccc(N4C[C@@H](C)N[C@@H](C)C4)c(OC)c3)nc2)c(Cl)c(OC)c1. The normalized spacial score (nSPS) is 17.2. The smallest absolute Gasteiger partial charge is 0.251 e. The second-order valence-corrected chi connectivity index (χ2v) is 9.91. The summed E-state index contributed by atoms with van der Waals surface area (Å²) >= 11 is 6.50. The van der Waals surface area contributed by atoms with Crippen LogP contribution in [0.4, 0.5) is 17.3 Å². The van der Waals surface area contributed by atoms with Gasteiger partial charge >= 0.3 is 0 Å². The predicted octanol–water partition coefficient (Wildman–Crippen LogP) is 4.22. The van der Waals surface area contributed by atoms with Crippen LogP contribution in [-0.2, 0) is 12.8 Å². The monoisotopic (exact) mass is 538 g/mol. The lowest BCUT2D eigenvalue weighted by atomic mass is 10.0. The molecule has 9 nitrogen and oxygen atoms in total. The van der Waals surface area contributed by atoms with E-state index >= 15 is 0 Å². The highest BCUT2D eigenvalue weighted by atomic mass is 35.5. The van der Waals surface area contributed by atoms with Gasteiger partial charge in [0.1, 0.15) is 11.5 Å². The molecule has 0 unspecified atom stereocenters. The fourth-order valence-electron chi connectivity index (χ4n) is 4.76. The van der Waals surface area contributed by atoms with Crippen molar-refractivity contribution in [2.45, 2.75) is 38.8 Å². The van der Waals surface area contributed by atoms with E-state index in [2.05, 4.69) is 50.7 Å². The summed E-state index contributed by atoms with van der Waals surface area (Å²) in [6.07, 6.45) is 4.85. The molecular formula is C28H35ClN6O3. The van der Waals surface area contributed by atoms with Crippen LogP contribution in [0.25, 0.3) is 0 Å². The Bertz CT molecular complexity index is 1260. The van der Waals surface area contributed by atoms with Crippen LogP contribution in [0.2, 0.25) is 5.02 Å². The lowest BCUT2D eigenvalue weighted by molar-refractivity contribution is 0.0962. The molecule has 0 aliphatic carbocycles. The van der Waals surface area contributed by atoms with Gasteiger partial charge in [-0.25, -0.2) is 9.97 Å². The number of benzene rings is 2. The molecule has 0 radical (unpaired) electrons. The first-order chi connectivity index (χ1) is 18.3. The van der Waals surface area contributed by atoms with Gasteiger partial charge < -0.3 is 30.3 Å². The molecule has 3 N–H and O–H groups in total. The summed E-state index contributed by atoms with van der Waals surface area (Å²) in [4.78, 5) is 23.4. The van der Waals surface area contributed by atoms with Crippen LogP contribution in [0.5, 0.6) is 11.5 Å². The van der Waals surface area contributed by atoms with E-state index in [0.717, 1.165) is 41.3 Å². The molecule has 2 atom stereocenters. The van der Waals surface area contributed by atoms with Crippen molar-refractivity contribution in [1.29, 1.82) is 0 Å². The van der Waals surface area contributed by atoms with Crippen molar-refractivity contribution >= 4 is 34.8 Å². The summed E-state index contributed by atoms with van der Waals surface area (Å²) in [5.74, 6) is 1.58. The van der Waals surface area contributed by atoms with Crippen LogP contribution in [0.15, 0.2) is 42.7 Å². The molecule has 1 saturated heterocycles. The Hall–Kier alpha value is -3.56. The Kier molecular flexibility index (Phi) is 8.91. The van der Waals surface area contributed by atoms with Crippen LogP contribution in [0.1, 0.15) is 35.3 Å². The fourth-order valence-corrected chi connectivity index (χ4v) is 5.04. The molecule has 202 valence electrons. The average molecular weight is 539 g/mol. The van der Waals surface area contributed by atoms with Crippen molar-refractivity contribution in [1.82, 2.24) is 20.6 Å². The highest BCUT2D eigenvalue weighted by Crippen LogP contribution is 2.33. The Labute approximate surface area is 228 Å². The quantitative estimate of drug-likeness (QED) is 0.372. The van der Waals surface area contributed by atoms with E-state index in [0.29, 0.717) is 47.2 Å². The maximum Gasteiger partial charge on any atom is 0.251 e. The Morgan fingerprint density at radius 2 is 1.74 bits per heavy atom.